The van der Waals surface area contributed by atoms with Gasteiger partial charge in [0.05, 0.1) is 22.3 Å². The molecule has 0 spiro atoms. The van der Waals surface area contributed by atoms with Gasteiger partial charge in [0.1, 0.15) is 0 Å². The number of carbonyl (C=O) groups excluding carboxylic acids is 1. The molecule has 1 N–H and O–H groups in total. The van der Waals surface area contributed by atoms with Crippen molar-refractivity contribution in [3.05, 3.63) is 64.4 Å². The largest absolute Gasteiger partial charge is 0.355 e. The average Bonchev–Trinajstić information content (AvgIpc) is 3.27. The van der Waals surface area contributed by atoms with E-state index in [1.807, 2.05) is 59.9 Å². The molecule has 170 valence electrons. The summed E-state index contributed by atoms with van der Waals surface area (Å²) in [7, 11) is 0. The first-order chi connectivity index (χ1) is 16.1. The number of aromatic nitrogens is 4. The summed E-state index contributed by atoms with van der Waals surface area (Å²) in [5.41, 5.74) is 2.34. The second kappa shape index (κ2) is 9.39. The van der Waals surface area contributed by atoms with Crippen LogP contribution in [0.4, 0.5) is 0 Å². The molecule has 33 heavy (non-hydrogen) atoms. The number of hydrogen-bond acceptors (Lipinski definition) is 5. The van der Waals surface area contributed by atoms with Crippen LogP contribution in [0.25, 0.3) is 22.4 Å². The molecule has 0 aliphatic heterocycles. The van der Waals surface area contributed by atoms with Crippen molar-refractivity contribution in [2.75, 3.05) is 12.3 Å². The molecule has 0 bridgehead atoms. The van der Waals surface area contributed by atoms with Gasteiger partial charge in [-0.15, -0.1) is 10.2 Å². The predicted octanol–water partition coefficient (Wildman–Crippen LogP) is 4.13. The van der Waals surface area contributed by atoms with Crippen molar-refractivity contribution in [2.24, 2.45) is 5.92 Å². The molecular weight excluding hydrogens is 434 g/mol. The van der Waals surface area contributed by atoms with Gasteiger partial charge in [-0.25, -0.2) is 4.57 Å². The van der Waals surface area contributed by atoms with E-state index in [1.54, 1.807) is 4.57 Å². The molecule has 5 rings (SSSR count). The van der Waals surface area contributed by atoms with Crippen LogP contribution >= 0.6 is 11.8 Å². The Kier molecular flexibility index (Phi) is 6.17. The number of fused-ring (bicyclic) bond motifs is 3. The number of nitrogens with zero attached hydrogens (tertiary/aromatic N) is 4. The zero-order valence-electron chi connectivity index (χ0n) is 18.7. The van der Waals surface area contributed by atoms with Gasteiger partial charge in [0.25, 0.3) is 5.56 Å². The summed E-state index contributed by atoms with van der Waals surface area (Å²) < 4.78 is 3.49. The first-order valence-corrected chi connectivity index (χ1v) is 12.5. The molecule has 1 fully saturated rings. The zero-order valence-corrected chi connectivity index (χ0v) is 19.5. The summed E-state index contributed by atoms with van der Waals surface area (Å²) in [4.78, 5) is 25.9. The molecule has 2 aromatic heterocycles. The minimum Gasteiger partial charge on any atom is -0.355 e. The van der Waals surface area contributed by atoms with E-state index >= 15 is 0 Å². The van der Waals surface area contributed by atoms with Crippen LogP contribution in [0, 0.1) is 12.8 Å². The van der Waals surface area contributed by atoms with Gasteiger partial charge in [-0.1, -0.05) is 61.4 Å². The third kappa shape index (κ3) is 4.27. The number of para-hydroxylation sites is 2. The lowest BCUT2D eigenvalue weighted by molar-refractivity contribution is -0.118. The quantitative estimate of drug-likeness (QED) is 0.437. The van der Waals surface area contributed by atoms with Crippen LogP contribution in [-0.4, -0.2) is 37.4 Å². The maximum atomic E-state index is 13.4. The third-order valence-electron chi connectivity index (χ3n) is 6.40. The lowest BCUT2D eigenvalue weighted by Gasteiger charge is -2.21. The SMILES string of the molecule is Cc1ccccc1-n1c(=O)c2ccccc2n2c(SCC(=O)NCC3CCCCC3)nnc12. The maximum Gasteiger partial charge on any atom is 0.267 e. The van der Waals surface area contributed by atoms with Crippen molar-refractivity contribution in [1.29, 1.82) is 0 Å². The Morgan fingerprint density at radius 1 is 1.06 bits per heavy atom. The molecule has 0 saturated heterocycles. The average molecular weight is 462 g/mol. The van der Waals surface area contributed by atoms with Gasteiger partial charge in [-0.2, -0.15) is 0 Å². The van der Waals surface area contributed by atoms with Crippen LogP contribution in [0.2, 0.25) is 0 Å². The van der Waals surface area contributed by atoms with Crippen LogP contribution in [0.3, 0.4) is 0 Å². The summed E-state index contributed by atoms with van der Waals surface area (Å²) >= 11 is 1.34. The highest BCUT2D eigenvalue weighted by molar-refractivity contribution is 7.99. The number of nitrogens with one attached hydrogen (secondary N) is 1. The minimum absolute atomic E-state index is 0.00106. The van der Waals surface area contributed by atoms with E-state index in [2.05, 4.69) is 15.5 Å². The minimum atomic E-state index is -0.137. The van der Waals surface area contributed by atoms with Crippen molar-refractivity contribution in [2.45, 2.75) is 44.2 Å². The van der Waals surface area contributed by atoms with E-state index in [4.69, 9.17) is 0 Å². The number of rotatable bonds is 6. The maximum absolute atomic E-state index is 13.4. The first kappa shape index (κ1) is 21.7. The van der Waals surface area contributed by atoms with Crippen molar-refractivity contribution in [3.63, 3.8) is 0 Å². The highest BCUT2D eigenvalue weighted by Crippen LogP contribution is 2.25. The summed E-state index contributed by atoms with van der Waals surface area (Å²) in [5.74, 6) is 1.29. The number of aryl methyl sites for hydroxylation is 1. The smallest absolute Gasteiger partial charge is 0.267 e. The fourth-order valence-corrected chi connectivity index (χ4v) is 5.40. The predicted molar refractivity (Wildman–Crippen MR) is 131 cm³/mol. The molecule has 2 aromatic carbocycles. The van der Waals surface area contributed by atoms with Gasteiger partial charge in [0.2, 0.25) is 11.7 Å². The summed E-state index contributed by atoms with van der Waals surface area (Å²) in [6.07, 6.45) is 6.23. The van der Waals surface area contributed by atoms with Gasteiger partial charge >= 0.3 is 0 Å². The summed E-state index contributed by atoms with van der Waals surface area (Å²) in [6.45, 7) is 2.71. The molecule has 2 heterocycles. The van der Waals surface area contributed by atoms with Crippen LogP contribution in [-0.2, 0) is 4.79 Å². The molecule has 0 radical (unpaired) electrons. The number of benzene rings is 2. The summed E-state index contributed by atoms with van der Waals surface area (Å²) in [5, 5.41) is 13.0. The van der Waals surface area contributed by atoms with E-state index in [-0.39, 0.29) is 17.2 Å². The van der Waals surface area contributed by atoms with Gasteiger partial charge in [-0.05, 0) is 49.4 Å². The monoisotopic (exact) mass is 461 g/mol. The lowest BCUT2D eigenvalue weighted by Crippen LogP contribution is -2.31. The molecule has 1 saturated carbocycles. The Morgan fingerprint density at radius 3 is 2.64 bits per heavy atom. The third-order valence-corrected chi connectivity index (χ3v) is 7.33. The number of carbonyl (C=O) groups is 1. The molecule has 1 aliphatic rings. The van der Waals surface area contributed by atoms with Gasteiger partial charge in [-0.3, -0.25) is 14.0 Å². The number of hydrogen-bond donors (Lipinski definition) is 1. The Labute approximate surface area is 196 Å². The molecule has 0 unspecified atom stereocenters. The van der Waals surface area contributed by atoms with Crippen LogP contribution in [0.1, 0.15) is 37.7 Å². The second-order valence-electron chi connectivity index (χ2n) is 8.66. The fraction of sp³-hybridized carbons (Fsp3) is 0.360. The molecule has 8 heteroatoms. The number of amides is 1. The fourth-order valence-electron chi connectivity index (χ4n) is 4.63. The Balaban J connectivity index is 1.48. The van der Waals surface area contributed by atoms with Crippen LogP contribution in [0.15, 0.2) is 58.5 Å². The Morgan fingerprint density at radius 2 is 1.82 bits per heavy atom. The zero-order chi connectivity index (χ0) is 22.8. The van der Waals surface area contributed by atoms with E-state index in [9.17, 15) is 9.59 Å². The van der Waals surface area contributed by atoms with Gasteiger partial charge < -0.3 is 5.32 Å². The lowest BCUT2D eigenvalue weighted by atomic mass is 9.89. The molecule has 1 aliphatic carbocycles. The summed E-state index contributed by atoms with van der Waals surface area (Å²) in [6, 6.07) is 15.2. The van der Waals surface area contributed by atoms with Crippen LogP contribution < -0.4 is 10.9 Å². The molecule has 7 nitrogen and oxygen atoms in total. The van der Waals surface area contributed by atoms with Gasteiger partial charge in [0.15, 0.2) is 5.16 Å². The van der Waals surface area contributed by atoms with Gasteiger partial charge in [0, 0.05) is 6.54 Å². The highest BCUT2D eigenvalue weighted by atomic mass is 32.2. The second-order valence-corrected chi connectivity index (χ2v) is 9.60. The van der Waals surface area contributed by atoms with Crippen molar-refractivity contribution in [3.8, 4) is 5.69 Å². The topological polar surface area (TPSA) is 81.3 Å². The molecular formula is C25H27N5O2S. The number of thioether (sulfide) groups is 1. The molecule has 1 amide bonds. The van der Waals surface area contributed by atoms with E-state index in [1.165, 1.54) is 43.9 Å². The van der Waals surface area contributed by atoms with Crippen molar-refractivity contribution >= 4 is 34.3 Å². The normalized spacial score (nSPS) is 14.7. The Bertz CT molecular complexity index is 1370. The standard InChI is InChI=1S/C25H27N5O2S/c1-17-9-5-7-13-20(17)29-23(32)19-12-6-8-14-21(19)30-24(29)27-28-25(30)33-16-22(31)26-15-18-10-3-2-4-11-18/h5-9,12-14,18H,2-4,10-11,15-16H2,1H3,(H,26,31). The van der Waals surface area contributed by atoms with Crippen molar-refractivity contribution < 1.29 is 4.79 Å². The van der Waals surface area contributed by atoms with Crippen molar-refractivity contribution in [1.82, 2.24) is 24.5 Å². The first-order valence-electron chi connectivity index (χ1n) is 11.5. The van der Waals surface area contributed by atoms with Crippen LogP contribution in [0.5, 0.6) is 0 Å². The van der Waals surface area contributed by atoms with E-state index in [0.717, 1.165) is 23.3 Å². The van der Waals surface area contributed by atoms with E-state index in [0.29, 0.717) is 22.2 Å². The van der Waals surface area contributed by atoms with E-state index < -0.39 is 0 Å². The molecule has 4 aromatic rings. The Hall–Kier alpha value is -3.13. The molecule has 0 atom stereocenters. The highest BCUT2D eigenvalue weighted by Gasteiger charge is 2.20.